The second-order valence-electron chi connectivity index (χ2n) is 6.67. The van der Waals surface area contributed by atoms with Crippen molar-refractivity contribution in [2.24, 2.45) is 11.1 Å². The van der Waals surface area contributed by atoms with Crippen molar-refractivity contribution in [3.63, 3.8) is 0 Å². The topological polar surface area (TPSA) is 72.2 Å². The van der Waals surface area contributed by atoms with Gasteiger partial charge >= 0.3 is 0 Å². The number of nitrogens with one attached hydrogen (secondary N) is 1. The molecule has 21 heavy (non-hydrogen) atoms. The van der Waals surface area contributed by atoms with E-state index < -0.39 is 10.0 Å². The van der Waals surface area contributed by atoms with Crippen molar-refractivity contribution in [2.45, 2.75) is 50.8 Å². The first-order valence-electron chi connectivity index (χ1n) is 7.66. The van der Waals surface area contributed by atoms with Crippen LogP contribution in [-0.4, -0.2) is 21.5 Å². The first-order chi connectivity index (χ1) is 9.84. The van der Waals surface area contributed by atoms with E-state index in [0.717, 1.165) is 32.1 Å². The Bertz CT molecular complexity index is 594. The monoisotopic (exact) mass is 310 g/mol. The molecular weight excluding hydrogens is 284 g/mol. The minimum Gasteiger partial charge on any atom is -0.330 e. The molecule has 1 aliphatic rings. The third kappa shape index (κ3) is 4.28. The van der Waals surface area contributed by atoms with Crippen molar-refractivity contribution < 1.29 is 8.42 Å². The predicted octanol–water partition coefficient (Wildman–Crippen LogP) is 2.22. The lowest BCUT2D eigenvalue weighted by Gasteiger charge is -2.24. The van der Waals surface area contributed by atoms with Gasteiger partial charge in [0.15, 0.2) is 0 Å². The number of aryl methyl sites for hydroxylation is 2. The molecule has 1 aromatic carbocycles. The minimum absolute atomic E-state index is 0.0802. The number of hydrogen-bond donors (Lipinski definition) is 2. The SMILES string of the molecule is CC(C)(CCCN)CNS(=O)(=O)c1ccc2c(c1)CCC2. The Morgan fingerprint density at radius 3 is 2.67 bits per heavy atom. The molecule has 0 fully saturated rings. The van der Waals surface area contributed by atoms with Gasteiger partial charge in [0.2, 0.25) is 10.0 Å². The maximum Gasteiger partial charge on any atom is 0.240 e. The second-order valence-corrected chi connectivity index (χ2v) is 8.43. The quantitative estimate of drug-likeness (QED) is 0.811. The highest BCUT2D eigenvalue weighted by molar-refractivity contribution is 7.89. The lowest BCUT2D eigenvalue weighted by atomic mass is 9.88. The summed E-state index contributed by atoms with van der Waals surface area (Å²) in [4.78, 5) is 0.387. The van der Waals surface area contributed by atoms with E-state index in [0.29, 0.717) is 18.0 Å². The zero-order valence-electron chi connectivity index (χ0n) is 13.0. The summed E-state index contributed by atoms with van der Waals surface area (Å²) in [7, 11) is -3.42. The lowest BCUT2D eigenvalue weighted by molar-refractivity contribution is 0.327. The van der Waals surface area contributed by atoms with Crippen LogP contribution in [0.5, 0.6) is 0 Å². The van der Waals surface area contributed by atoms with Gasteiger partial charge in [-0.2, -0.15) is 0 Å². The van der Waals surface area contributed by atoms with Gasteiger partial charge in [-0.05, 0) is 67.3 Å². The third-order valence-electron chi connectivity index (χ3n) is 4.18. The second kappa shape index (κ2) is 6.46. The molecule has 5 heteroatoms. The van der Waals surface area contributed by atoms with Crippen molar-refractivity contribution in [1.29, 1.82) is 0 Å². The van der Waals surface area contributed by atoms with Crippen LogP contribution in [0.4, 0.5) is 0 Å². The summed E-state index contributed by atoms with van der Waals surface area (Å²) < 4.78 is 27.6. The Morgan fingerprint density at radius 1 is 1.24 bits per heavy atom. The molecule has 118 valence electrons. The van der Waals surface area contributed by atoms with Gasteiger partial charge in [0.05, 0.1) is 4.90 Å². The fourth-order valence-corrected chi connectivity index (χ4v) is 4.05. The summed E-state index contributed by atoms with van der Waals surface area (Å²) in [6.45, 7) is 5.20. The maximum atomic E-state index is 12.4. The molecule has 4 nitrogen and oxygen atoms in total. The van der Waals surface area contributed by atoms with Crippen LogP contribution in [-0.2, 0) is 22.9 Å². The zero-order valence-corrected chi connectivity index (χ0v) is 13.8. The van der Waals surface area contributed by atoms with Gasteiger partial charge in [0, 0.05) is 6.54 Å². The number of rotatable bonds is 7. The van der Waals surface area contributed by atoms with Crippen LogP contribution >= 0.6 is 0 Å². The van der Waals surface area contributed by atoms with E-state index in [1.165, 1.54) is 11.1 Å². The van der Waals surface area contributed by atoms with Crippen molar-refractivity contribution >= 4 is 10.0 Å². The molecule has 0 unspecified atom stereocenters. The van der Waals surface area contributed by atoms with Gasteiger partial charge in [0.25, 0.3) is 0 Å². The highest BCUT2D eigenvalue weighted by Crippen LogP contribution is 2.25. The highest BCUT2D eigenvalue weighted by Gasteiger charge is 2.23. The van der Waals surface area contributed by atoms with E-state index in [4.69, 9.17) is 5.73 Å². The largest absolute Gasteiger partial charge is 0.330 e. The molecule has 0 atom stereocenters. The fourth-order valence-electron chi connectivity index (χ4n) is 2.76. The predicted molar refractivity (Wildman–Crippen MR) is 85.7 cm³/mol. The average Bonchev–Trinajstić information content (AvgIpc) is 2.91. The molecule has 0 aromatic heterocycles. The number of nitrogens with two attached hydrogens (primary N) is 1. The third-order valence-corrected chi connectivity index (χ3v) is 5.58. The smallest absolute Gasteiger partial charge is 0.240 e. The van der Waals surface area contributed by atoms with Crippen LogP contribution < -0.4 is 10.5 Å². The van der Waals surface area contributed by atoms with Gasteiger partial charge in [-0.25, -0.2) is 13.1 Å². The summed E-state index contributed by atoms with van der Waals surface area (Å²) in [6, 6.07) is 5.51. The van der Waals surface area contributed by atoms with Gasteiger partial charge < -0.3 is 5.73 Å². The molecule has 0 saturated heterocycles. The Morgan fingerprint density at radius 2 is 1.95 bits per heavy atom. The van der Waals surface area contributed by atoms with Gasteiger partial charge in [0.1, 0.15) is 0 Å². The molecular formula is C16H26N2O2S. The molecule has 0 radical (unpaired) electrons. The summed E-state index contributed by atoms with van der Waals surface area (Å²) in [6.07, 6.45) is 5.00. The van der Waals surface area contributed by atoms with Gasteiger partial charge in [-0.1, -0.05) is 19.9 Å². The van der Waals surface area contributed by atoms with Crippen molar-refractivity contribution in [3.8, 4) is 0 Å². The van der Waals surface area contributed by atoms with Crippen LogP contribution in [0.1, 0.15) is 44.2 Å². The van der Waals surface area contributed by atoms with Gasteiger partial charge in [-0.3, -0.25) is 0 Å². The standard InChI is InChI=1S/C16H26N2O2S/c1-16(2,9-4-10-17)12-18-21(19,20)15-8-7-13-5-3-6-14(13)11-15/h7-8,11,18H,3-6,9-10,12,17H2,1-2H3. The van der Waals surface area contributed by atoms with E-state index in [9.17, 15) is 8.42 Å². The molecule has 0 saturated carbocycles. The van der Waals surface area contributed by atoms with E-state index in [1.807, 2.05) is 12.1 Å². The Labute approximate surface area is 128 Å². The molecule has 0 heterocycles. The van der Waals surface area contributed by atoms with E-state index in [1.54, 1.807) is 6.07 Å². The van der Waals surface area contributed by atoms with Crippen LogP contribution in [0, 0.1) is 5.41 Å². The van der Waals surface area contributed by atoms with Gasteiger partial charge in [-0.15, -0.1) is 0 Å². The zero-order chi connectivity index (χ0) is 15.5. The maximum absolute atomic E-state index is 12.4. The molecule has 3 N–H and O–H groups in total. The Kier molecular flexibility index (Phi) is 5.07. The molecule has 2 rings (SSSR count). The normalized spacial score (nSPS) is 15.2. The van der Waals surface area contributed by atoms with Crippen LogP contribution in [0.2, 0.25) is 0 Å². The number of benzene rings is 1. The van der Waals surface area contributed by atoms with Crippen LogP contribution in [0.15, 0.2) is 23.1 Å². The molecule has 0 spiro atoms. The molecule has 0 amide bonds. The van der Waals surface area contributed by atoms with Crippen molar-refractivity contribution in [3.05, 3.63) is 29.3 Å². The Hall–Kier alpha value is -0.910. The Balaban J connectivity index is 2.05. The highest BCUT2D eigenvalue weighted by atomic mass is 32.2. The van der Waals surface area contributed by atoms with Crippen molar-refractivity contribution in [1.82, 2.24) is 4.72 Å². The summed E-state index contributed by atoms with van der Waals surface area (Å²) in [5.41, 5.74) is 7.91. The first-order valence-corrected chi connectivity index (χ1v) is 9.14. The average molecular weight is 310 g/mol. The molecule has 1 aromatic rings. The lowest BCUT2D eigenvalue weighted by Crippen LogP contribution is -2.34. The molecule has 0 aliphatic heterocycles. The van der Waals surface area contributed by atoms with Crippen LogP contribution in [0.25, 0.3) is 0 Å². The number of fused-ring (bicyclic) bond motifs is 1. The molecule has 0 bridgehead atoms. The number of sulfonamides is 1. The molecule has 1 aliphatic carbocycles. The van der Waals surface area contributed by atoms with E-state index in [2.05, 4.69) is 18.6 Å². The summed E-state index contributed by atoms with van der Waals surface area (Å²) in [5.74, 6) is 0. The first kappa shape index (κ1) is 16.5. The summed E-state index contributed by atoms with van der Waals surface area (Å²) in [5, 5.41) is 0. The minimum atomic E-state index is -3.42. The van der Waals surface area contributed by atoms with E-state index >= 15 is 0 Å². The number of hydrogen-bond acceptors (Lipinski definition) is 3. The van der Waals surface area contributed by atoms with Crippen LogP contribution in [0.3, 0.4) is 0 Å². The van der Waals surface area contributed by atoms with Crippen molar-refractivity contribution in [2.75, 3.05) is 13.1 Å². The summed E-state index contributed by atoms with van der Waals surface area (Å²) >= 11 is 0. The fraction of sp³-hybridized carbons (Fsp3) is 0.625. The van der Waals surface area contributed by atoms with E-state index in [-0.39, 0.29) is 5.41 Å².